The van der Waals surface area contributed by atoms with Gasteiger partial charge in [0, 0.05) is 6.20 Å². The van der Waals surface area contributed by atoms with Crippen LogP contribution in [0.1, 0.15) is 23.8 Å². The molecule has 0 spiro atoms. The summed E-state index contributed by atoms with van der Waals surface area (Å²) in [4.78, 5) is 11.3. The average Bonchev–Trinajstić information content (AvgIpc) is 2.66. The van der Waals surface area contributed by atoms with E-state index in [-0.39, 0.29) is 5.91 Å². The highest BCUT2D eigenvalue weighted by Crippen LogP contribution is 1.94. The van der Waals surface area contributed by atoms with E-state index in [9.17, 15) is 4.79 Å². The summed E-state index contributed by atoms with van der Waals surface area (Å²) >= 11 is 0. The summed E-state index contributed by atoms with van der Waals surface area (Å²) in [6, 6.07) is 3.10. The van der Waals surface area contributed by atoms with Gasteiger partial charge in [-0.25, -0.2) is 0 Å². The first-order chi connectivity index (χ1) is 6.27. The quantitative estimate of drug-likeness (QED) is 0.704. The van der Waals surface area contributed by atoms with Gasteiger partial charge >= 0.3 is 0 Å². The van der Waals surface area contributed by atoms with Crippen LogP contribution >= 0.6 is 0 Å². The number of aromatic nitrogens is 2. The van der Waals surface area contributed by atoms with Gasteiger partial charge in [-0.1, -0.05) is 6.92 Å². The molecule has 0 fully saturated rings. The number of hydrogen-bond donors (Lipinski definition) is 2. The zero-order valence-electron chi connectivity index (χ0n) is 7.24. The van der Waals surface area contributed by atoms with Crippen LogP contribution in [0.4, 0.5) is 0 Å². The van der Waals surface area contributed by atoms with Crippen LogP contribution in [0.2, 0.25) is 0 Å². The number of hydrogen-bond acceptors (Lipinski definition) is 3. The molecule has 0 saturated heterocycles. The highest BCUT2D eigenvalue weighted by molar-refractivity contribution is 5.92. The van der Waals surface area contributed by atoms with E-state index in [0.717, 1.165) is 0 Å². The molecule has 0 bridgehead atoms. The summed E-state index contributed by atoms with van der Waals surface area (Å²) in [5.41, 5.74) is 0.369. The molecule has 13 heavy (non-hydrogen) atoms. The maximum absolute atomic E-state index is 11.3. The second-order valence-electron chi connectivity index (χ2n) is 2.53. The molecule has 1 heterocycles. The number of carbonyl (C=O) groups excluding carboxylic acids is 1. The van der Waals surface area contributed by atoms with Gasteiger partial charge in [0.25, 0.3) is 5.91 Å². The van der Waals surface area contributed by atoms with Crippen molar-refractivity contribution in [1.29, 1.82) is 5.26 Å². The lowest BCUT2D eigenvalue weighted by Crippen LogP contribution is -2.33. The Kier molecular flexibility index (Phi) is 3.03. The Morgan fingerprint density at radius 2 is 2.69 bits per heavy atom. The van der Waals surface area contributed by atoms with Crippen LogP contribution in [0.3, 0.4) is 0 Å². The molecule has 0 aliphatic rings. The first-order valence-corrected chi connectivity index (χ1v) is 3.97. The number of nitrogens with zero attached hydrogens (tertiary/aromatic N) is 2. The highest BCUT2D eigenvalue weighted by atomic mass is 16.2. The zero-order valence-corrected chi connectivity index (χ0v) is 7.24. The minimum absolute atomic E-state index is 0.300. The van der Waals surface area contributed by atoms with Crippen molar-refractivity contribution in [3.8, 4) is 6.07 Å². The van der Waals surface area contributed by atoms with Crippen molar-refractivity contribution in [2.24, 2.45) is 0 Å². The Hall–Kier alpha value is -1.83. The molecule has 68 valence electrons. The number of nitrogens with one attached hydrogen (secondary N) is 2. The van der Waals surface area contributed by atoms with Crippen molar-refractivity contribution in [1.82, 2.24) is 15.5 Å². The minimum atomic E-state index is -0.434. The number of amides is 1. The summed E-state index contributed by atoms with van der Waals surface area (Å²) in [5.74, 6) is -0.300. The van der Waals surface area contributed by atoms with Gasteiger partial charge in [-0.05, 0) is 12.5 Å². The molecule has 1 atom stereocenters. The lowest BCUT2D eigenvalue weighted by Gasteiger charge is -2.06. The summed E-state index contributed by atoms with van der Waals surface area (Å²) < 4.78 is 0. The molecule has 0 aromatic carbocycles. The molecule has 0 aliphatic heterocycles. The number of H-pyrrole nitrogens is 1. The first kappa shape index (κ1) is 9.26. The third-order valence-electron chi connectivity index (χ3n) is 1.61. The van der Waals surface area contributed by atoms with Crippen molar-refractivity contribution in [2.75, 3.05) is 0 Å². The van der Waals surface area contributed by atoms with E-state index in [1.165, 1.54) is 6.20 Å². The number of rotatable bonds is 3. The number of aromatic amines is 1. The topological polar surface area (TPSA) is 81.6 Å². The molecule has 5 nitrogen and oxygen atoms in total. The third kappa shape index (κ3) is 2.30. The molecular weight excluding hydrogens is 168 g/mol. The molecule has 0 radical (unpaired) electrons. The normalized spacial score (nSPS) is 11.7. The maximum Gasteiger partial charge on any atom is 0.270 e. The fourth-order valence-corrected chi connectivity index (χ4v) is 0.844. The molecule has 1 amide bonds. The molecule has 5 heteroatoms. The lowest BCUT2D eigenvalue weighted by molar-refractivity contribution is 0.0939. The van der Waals surface area contributed by atoms with Gasteiger partial charge in [0.2, 0.25) is 0 Å². The van der Waals surface area contributed by atoms with E-state index in [0.29, 0.717) is 12.1 Å². The van der Waals surface area contributed by atoms with E-state index in [2.05, 4.69) is 15.5 Å². The first-order valence-electron chi connectivity index (χ1n) is 3.97. The van der Waals surface area contributed by atoms with Crippen LogP contribution < -0.4 is 5.32 Å². The summed E-state index contributed by atoms with van der Waals surface area (Å²) in [7, 11) is 0. The summed E-state index contributed by atoms with van der Waals surface area (Å²) in [6.07, 6.45) is 2.08. The van der Waals surface area contributed by atoms with Gasteiger partial charge in [-0.3, -0.25) is 9.89 Å². The third-order valence-corrected chi connectivity index (χ3v) is 1.61. The van der Waals surface area contributed by atoms with E-state index in [1.54, 1.807) is 6.07 Å². The predicted molar refractivity (Wildman–Crippen MR) is 45.7 cm³/mol. The Balaban J connectivity index is 2.57. The second-order valence-corrected chi connectivity index (χ2v) is 2.53. The molecule has 0 aliphatic carbocycles. The van der Waals surface area contributed by atoms with Crippen LogP contribution in [0.15, 0.2) is 12.3 Å². The van der Waals surface area contributed by atoms with Crippen molar-refractivity contribution in [3.63, 3.8) is 0 Å². The van der Waals surface area contributed by atoms with Crippen LogP contribution in [0.5, 0.6) is 0 Å². The van der Waals surface area contributed by atoms with Crippen LogP contribution in [-0.4, -0.2) is 22.1 Å². The van der Waals surface area contributed by atoms with E-state index in [4.69, 9.17) is 5.26 Å². The fraction of sp³-hybridized carbons (Fsp3) is 0.375. The van der Waals surface area contributed by atoms with Gasteiger partial charge in [0.15, 0.2) is 0 Å². The predicted octanol–water partition coefficient (Wildman–Crippen LogP) is 0.442. The van der Waals surface area contributed by atoms with E-state index >= 15 is 0 Å². The van der Waals surface area contributed by atoms with Gasteiger partial charge < -0.3 is 5.32 Å². The van der Waals surface area contributed by atoms with Crippen LogP contribution in [-0.2, 0) is 0 Å². The molecule has 1 rings (SSSR count). The monoisotopic (exact) mass is 178 g/mol. The van der Waals surface area contributed by atoms with Crippen molar-refractivity contribution < 1.29 is 4.79 Å². The Labute approximate surface area is 75.8 Å². The fourth-order valence-electron chi connectivity index (χ4n) is 0.844. The minimum Gasteiger partial charge on any atom is -0.335 e. The van der Waals surface area contributed by atoms with Crippen LogP contribution in [0.25, 0.3) is 0 Å². The highest BCUT2D eigenvalue weighted by Gasteiger charge is 2.11. The molecule has 1 unspecified atom stereocenters. The molecular formula is C8H10N4O. The molecule has 2 N–H and O–H groups in total. The summed E-state index contributed by atoms with van der Waals surface area (Å²) in [6.45, 7) is 1.83. The van der Waals surface area contributed by atoms with Crippen molar-refractivity contribution in [3.05, 3.63) is 18.0 Å². The smallest absolute Gasteiger partial charge is 0.270 e. The maximum atomic E-state index is 11.3. The zero-order chi connectivity index (χ0) is 9.68. The second kappa shape index (κ2) is 4.26. The SMILES string of the molecule is CCC(C#N)NC(=O)c1ccn[nH]1. The number of nitriles is 1. The Bertz CT molecular complexity index is 311. The van der Waals surface area contributed by atoms with Gasteiger partial charge in [-0.2, -0.15) is 10.4 Å². The molecule has 0 saturated carbocycles. The largest absolute Gasteiger partial charge is 0.335 e. The summed E-state index contributed by atoms with van der Waals surface area (Å²) in [5, 5.41) is 17.3. The van der Waals surface area contributed by atoms with E-state index < -0.39 is 6.04 Å². The van der Waals surface area contributed by atoms with E-state index in [1.807, 2.05) is 13.0 Å². The van der Waals surface area contributed by atoms with Crippen molar-refractivity contribution in [2.45, 2.75) is 19.4 Å². The lowest BCUT2D eigenvalue weighted by atomic mass is 10.2. The van der Waals surface area contributed by atoms with Gasteiger partial charge in [0.05, 0.1) is 6.07 Å². The van der Waals surface area contributed by atoms with Crippen LogP contribution in [0, 0.1) is 11.3 Å². The average molecular weight is 178 g/mol. The number of carbonyl (C=O) groups is 1. The molecule has 1 aromatic rings. The van der Waals surface area contributed by atoms with Gasteiger partial charge in [-0.15, -0.1) is 0 Å². The molecule has 1 aromatic heterocycles. The Morgan fingerprint density at radius 3 is 3.15 bits per heavy atom. The Morgan fingerprint density at radius 1 is 1.92 bits per heavy atom. The standard InChI is InChI=1S/C8H10N4O/c1-2-6(5-9)11-8(13)7-3-4-10-12-7/h3-4,6H,2H2,1H3,(H,10,12)(H,11,13). The van der Waals surface area contributed by atoms with Gasteiger partial charge in [0.1, 0.15) is 11.7 Å². The van der Waals surface area contributed by atoms with Crippen molar-refractivity contribution >= 4 is 5.91 Å².